The van der Waals surface area contributed by atoms with Gasteiger partial charge in [0.25, 0.3) is 0 Å². The molecule has 0 spiro atoms. The molecule has 5 heteroatoms. The fourth-order valence-electron chi connectivity index (χ4n) is 0.847. The van der Waals surface area contributed by atoms with Crippen LogP contribution < -0.4 is 5.48 Å². The third-order valence-corrected chi connectivity index (χ3v) is 1.81. The van der Waals surface area contributed by atoms with Crippen molar-refractivity contribution < 1.29 is 15.4 Å². The van der Waals surface area contributed by atoms with Crippen LogP contribution in [0.4, 0.5) is 0 Å². The lowest BCUT2D eigenvalue weighted by Crippen LogP contribution is -2.06. The predicted octanol–water partition coefficient (Wildman–Crippen LogP) is 1.23. The van der Waals surface area contributed by atoms with Crippen molar-refractivity contribution in [1.29, 1.82) is 0 Å². The van der Waals surface area contributed by atoms with Gasteiger partial charge in [-0.25, -0.2) is 5.48 Å². The standard InChI is InChI=1S/C7H8ClNO3/c8-5-1-2-6(10)7(11)4(5)3-9-12/h1-2,9-12H,3H2. The zero-order chi connectivity index (χ0) is 9.14. The Bertz CT molecular complexity index is 290. The Hall–Kier alpha value is -0.970. The number of hydrogen-bond donors (Lipinski definition) is 4. The highest BCUT2D eigenvalue weighted by Gasteiger charge is 2.09. The summed E-state index contributed by atoms with van der Waals surface area (Å²) in [6, 6.07) is 2.71. The van der Waals surface area contributed by atoms with Gasteiger partial charge < -0.3 is 15.4 Å². The van der Waals surface area contributed by atoms with Gasteiger partial charge >= 0.3 is 0 Å². The smallest absolute Gasteiger partial charge is 0.163 e. The van der Waals surface area contributed by atoms with E-state index in [4.69, 9.17) is 21.9 Å². The van der Waals surface area contributed by atoms with Gasteiger partial charge in [0, 0.05) is 10.6 Å². The van der Waals surface area contributed by atoms with Gasteiger partial charge in [0.15, 0.2) is 11.5 Å². The van der Waals surface area contributed by atoms with Crippen LogP contribution in [0, 0.1) is 0 Å². The number of halogens is 1. The van der Waals surface area contributed by atoms with Gasteiger partial charge in [0.05, 0.1) is 6.54 Å². The molecule has 0 bridgehead atoms. The fourth-order valence-corrected chi connectivity index (χ4v) is 1.07. The van der Waals surface area contributed by atoms with E-state index in [1.54, 1.807) is 0 Å². The van der Waals surface area contributed by atoms with Crippen molar-refractivity contribution in [2.75, 3.05) is 0 Å². The van der Waals surface area contributed by atoms with Crippen LogP contribution in [0.3, 0.4) is 0 Å². The minimum Gasteiger partial charge on any atom is -0.504 e. The van der Waals surface area contributed by atoms with Gasteiger partial charge in [0.1, 0.15) is 0 Å². The summed E-state index contributed by atoms with van der Waals surface area (Å²) >= 11 is 5.66. The Morgan fingerprint density at radius 3 is 2.58 bits per heavy atom. The number of rotatable bonds is 2. The minimum absolute atomic E-state index is 0.0148. The fraction of sp³-hybridized carbons (Fsp3) is 0.143. The first kappa shape index (κ1) is 9.12. The number of hydroxylamine groups is 1. The summed E-state index contributed by atoms with van der Waals surface area (Å²) in [6.45, 7) is -0.0148. The molecule has 12 heavy (non-hydrogen) atoms. The predicted molar refractivity (Wildman–Crippen MR) is 43.4 cm³/mol. The first-order valence-electron chi connectivity index (χ1n) is 3.23. The van der Waals surface area contributed by atoms with Gasteiger partial charge in [-0.05, 0) is 12.1 Å². The molecule has 0 aliphatic heterocycles. The highest BCUT2D eigenvalue weighted by Crippen LogP contribution is 2.33. The second-order valence-corrected chi connectivity index (χ2v) is 2.64. The molecule has 0 aliphatic carbocycles. The minimum atomic E-state index is -0.316. The maximum absolute atomic E-state index is 9.22. The lowest BCUT2D eigenvalue weighted by atomic mass is 10.2. The van der Waals surface area contributed by atoms with E-state index in [1.807, 2.05) is 5.48 Å². The van der Waals surface area contributed by atoms with E-state index >= 15 is 0 Å². The monoisotopic (exact) mass is 189 g/mol. The molecular weight excluding hydrogens is 182 g/mol. The molecular formula is C7H8ClNO3. The maximum atomic E-state index is 9.22. The molecule has 0 heterocycles. The molecule has 66 valence electrons. The Morgan fingerprint density at radius 2 is 2.00 bits per heavy atom. The van der Waals surface area contributed by atoms with Crippen LogP contribution in [0.2, 0.25) is 5.02 Å². The molecule has 0 amide bonds. The third kappa shape index (κ3) is 1.61. The molecule has 0 saturated heterocycles. The largest absolute Gasteiger partial charge is 0.504 e. The van der Waals surface area contributed by atoms with E-state index in [0.717, 1.165) is 0 Å². The highest BCUT2D eigenvalue weighted by molar-refractivity contribution is 6.31. The van der Waals surface area contributed by atoms with Gasteiger partial charge in [-0.15, -0.1) is 0 Å². The maximum Gasteiger partial charge on any atom is 0.163 e. The molecule has 4 nitrogen and oxygen atoms in total. The average Bonchev–Trinajstić information content (AvgIpc) is 2.06. The van der Waals surface area contributed by atoms with Crippen LogP contribution in [0.5, 0.6) is 11.5 Å². The number of aromatic hydroxyl groups is 2. The van der Waals surface area contributed by atoms with Crippen molar-refractivity contribution in [2.24, 2.45) is 0 Å². The van der Waals surface area contributed by atoms with Crippen LogP contribution in [0.25, 0.3) is 0 Å². The normalized spacial score (nSPS) is 10.2. The van der Waals surface area contributed by atoms with Gasteiger partial charge in [0.2, 0.25) is 0 Å². The molecule has 0 aromatic heterocycles. The van der Waals surface area contributed by atoms with Gasteiger partial charge in [-0.2, -0.15) is 0 Å². The van der Waals surface area contributed by atoms with Crippen LogP contribution in [-0.4, -0.2) is 15.4 Å². The van der Waals surface area contributed by atoms with E-state index in [9.17, 15) is 5.11 Å². The summed E-state index contributed by atoms with van der Waals surface area (Å²) in [5, 5.41) is 26.9. The third-order valence-electron chi connectivity index (χ3n) is 1.46. The van der Waals surface area contributed by atoms with E-state index in [2.05, 4.69) is 0 Å². The number of benzene rings is 1. The number of nitrogens with one attached hydrogen (secondary N) is 1. The van der Waals surface area contributed by atoms with Crippen LogP contribution >= 0.6 is 11.6 Å². The summed E-state index contributed by atoms with van der Waals surface area (Å²) in [6.07, 6.45) is 0. The number of hydrogen-bond acceptors (Lipinski definition) is 4. The second kappa shape index (κ2) is 3.62. The molecule has 1 rings (SSSR count). The Morgan fingerprint density at radius 1 is 1.33 bits per heavy atom. The van der Waals surface area contributed by atoms with Crippen molar-refractivity contribution in [1.82, 2.24) is 5.48 Å². The van der Waals surface area contributed by atoms with Crippen molar-refractivity contribution in [3.8, 4) is 11.5 Å². The summed E-state index contributed by atoms with van der Waals surface area (Å²) in [5.74, 6) is -0.575. The van der Waals surface area contributed by atoms with Gasteiger partial charge in [-0.3, -0.25) is 0 Å². The molecule has 4 N–H and O–H groups in total. The van der Waals surface area contributed by atoms with Crippen molar-refractivity contribution in [2.45, 2.75) is 6.54 Å². The molecule has 0 saturated carbocycles. The summed E-state index contributed by atoms with van der Waals surface area (Å²) < 4.78 is 0. The molecule has 0 radical (unpaired) electrons. The van der Waals surface area contributed by atoms with E-state index in [1.165, 1.54) is 12.1 Å². The second-order valence-electron chi connectivity index (χ2n) is 2.23. The Kier molecular flexibility index (Phi) is 2.75. The van der Waals surface area contributed by atoms with Crippen molar-refractivity contribution >= 4 is 11.6 Å². The van der Waals surface area contributed by atoms with Crippen LogP contribution in [-0.2, 0) is 6.54 Å². The zero-order valence-corrected chi connectivity index (χ0v) is 6.84. The number of phenolic OH excluding ortho intramolecular Hbond substituents is 2. The van der Waals surface area contributed by atoms with Crippen molar-refractivity contribution in [3.05, 3.63) is 22.7 Å². The SMILES string of the molecule is ONCc1c(Cl)ccc(O)c1O. The topological polar surface area (TPSA) is 72.7 Å². The lowest BCUT2D eigenvalue weighted by Gasteiger charge is -2.06. The molecule has 0 unspecified atom stereocenters. The quantitative estimate of drug-likeness (QED) is 0.417. The molecule has 0 atom stereocenters. The molecule has 1 aromatic rings. The van der Waals surface area contributed by atoms with E-state index in [0.29, 0.717) is 0 Å². The molecule has 0 aliphatic rings. The first-order chi connectivity index (χ1) is 5.66. The molecule has 1 aromatic carbocycles. The Balaban J connectivity index is 3.14. The zero-order valence-electron chi connectivity index (χ0n) is 6.08. The van der Waals surface area contributed by atoms with E-state index < -0.39 is 0 Å². The Labute approximate surface area is 74.0 Å². The van der Waals surface area contributed by atoms with Crippen LogP contribution in [0.15, 0.2) is 12.1 Å². The average molecular weight is 190 g/mol. The van der Waals surface area contributed by atoms with Gasteiger partial charge in [-0.1, -0.05) is 11.6 Å². The first-order valence-corrected chi connectivity index (χ1v) is 3.61. The van der Waals surface area contributed by atoms with Crippen LogP contribution in [0.1, 0.15) is 5.56 Å². The molecule has 0 fully saturated rings. The van der Waals surface area contributed by atoms with Crippen molar-refractivity contribution in [3.63, 3.8) is 0 Å². The number of phenols is 2. The lowest BCUT2D eigenvalue weighted by molar-refractivity contribution is 0.160. The van der Waals surface area contributed by atoms with E-state index in [-0.39, 0.29) is 28.6 Å². The summed E-state index contributed by atoms with van der Waals surface area (Å²) in [4.78, 5) is 0. The summed E-state index contributed by atoms with van der Waals surface area (Å²) in [7, 11) is 0. The summed E-state index contributed by atoms with van der Waals surface area (Å²) in [5.41, 5.74) is 2.10. The highest BCUT2D eigenvalue weighted by atomic mass is 35.5.